The summed E-state index contributed by atoms with van der Waals surface area (Å²) < 4.78 is 2.28. The number of fused-ring (bicyclic) bond motifs is 1. The van der Waals surface area contributed by atoms with Crippen molar-refractivity contribution in [2.75, 3.05) is 7.05 Å². The van der Waals surface area contributed by atoms with Gasteiger partial charge < -0.3 is 4.90 Å². The molecule has 126 valence electrons. The molecular weight excluding hydrogens is 306 g/mol. The van der Waals surface area contributed by atoms with Crippen LogP contribution < -0.4 is 11.2 Å². The maximum Gasteiger partial charge on any atom is 0.331 e. The van der Waals surface area contributed by atoms with E-state index in [9.17, 15) is 14.4 Å². The van der Waals surface area contributed by atoms with Gasteiger partial charge >= 0.3 is 5.69 Å². The van der Waals surface area contributed by atoms with Gasteiger partial charge in [-0.15, -0.1) is 0 Å². The van der Waals surface area contributed by atoms with Crippen LogP contribution in [0.5, 0.6) is 0 Å². The van der Waals surface area contributed by atoms with Gasteiger partial charge in [-0.1, -0.05) is 24.3 Å². The Bertz CT molecular complexity index is 882. The highest BCUT2D eigenvalue weighted by molar-refractivity contribution is 5.76. The van der Waals surface area contributed by atoms with E-state index in [1.165, 1.54) is 35.0 Å². The average molecular weight is 327 g/mol. The molecule has 0 unspecified atom stereocenters. The molecule has 0 bridgehead atoms. The second kappa shape index (κ2) is 6.47. The van der Waals surface area contributed by atoms with Crippen LogP contribution in [0.4, 0.5) is 0 Å². The summed E-state index contributed by atoms with van der Waals surface area (Å²) in [6.45, 7) is -0.0673. The highest BCUT2D eigenvalue weighted by Gasteiger charge is 2.26. The smallest absolute Gasteiger partial charge is 0.331 e. The predicted molar refractivity (Wildman–Crippen MR) is 90.8 cm³/mol. The topological polar surface area (TPSA) is 64.3 Å². The quantitative estimate of drug-likeness (QED) is 0.847. The van der Waals surface area contributed by atoms with Crippen LogP contribution >= 0.6 is 0 Å². The monoisotopic (exact) mass is 327 g/mol. The van der Waals surface area contributed by atoms with E-state index in [0.717, 1.165) is 23.8 Å². The Balaban J connectivity index is 1.83. The summed E-state index contributed by atoms with van der Waals surface area (Å²) in [6, 6.07) is 9.52. The summed E-state index contributed by atoms with van der Waals surface area (Å²) in [5.74, 6) is -0.141. The first-order valence-corrected chi connectivity index (χ1v) is 8.09. The van der Waals surface area contributed by atoms with Crippen molar-refractivity contribution >= 4 is 5.91 Å². The van der Waals surface area contributed by atoms with Gasteiger partial charge in [-0.05, 0) is 30.4 Å². The average Bonchev–Trinajstić information content (AvgIpc) is 2.61. The number of carbonyl (C=O) groups is 1. The van der Waals surface area contributed by atoms with E-state index in [-0.39, 0.29) is 24.1 Å². The lowest BCUT2D eigenvalue weighted by molar-refractivity contribution is -0.133. The Kier molecular flexibility index (Phi) is 4.38. The second-order valence-corrected chi connectivity index (χ2v) is 6.23. The number of benzene rings is 1. The van der Waals surface area contributed by atoms with Crippen LogP contribution in [0, 0.1) is 0 Å². The van der Waals surface area contributed by atoms with Crippen LogP contribution in [0.1, 0.15) is 30.0 Å². The van der Waals surface area contributed by atoms with E-state index in [0.29, 0.717) is 0 Å². The third-order valence-corrected chi connectivity index (χ3v) is 4.76. The summed E-state index contributed by atoms with van der Waals surface area (Å²) >= 11 is 0. The number of nitrogens with zero attached hydrogens (tertiary/aromatic N) is 3. The van der Waals surface area contributed by atoms with Gasteiger partial charge in [0.05, 0.1) is 6.04 Å². The van der Waals surface area contributed by atoms with Crippen molar-refractivity contribution in [1.29, 1.82) is 0 Å². The van der Waals surface area contributed by atoms with E-state index >= 15 is 0 Å². The fourth-order valence-electron chi connectivity index (χ4n) is 3.30. The van der Waals surface area contributed by atoms with Gasteiger partial charge in [0.2, 0.25) is 5.91 Å². The molecule has 6 nitrogen and oxygen atoms in total. The molecule has 1 heterocycles. The van der Waals surface area contributed by atoms with Crippen molar-refractivity contribution in [1.82, 2.24) is 14.0 Å². The Morgan fingerprint density at radius 2 is 2.00 bits per heavy atom. The van der Waals surface area contributed by atoms with Crippen LogP contribution in [0.15, 0.2) is 46.1 Å². The maximum atomic E-state index is 12.6. The Morgan fingerprint density at radius 1 is 1.25 bits per heavy atom. The normalized spacial score (nSPS) is 16.5. The van der Waals surface area contributed by atoms with E-state index in [1.807, 2.05) is 12.1 Å². The first-order valence-electron chi connectivity index (χ1n) is 8.09. The van der Waals surface area contributed by atoms with Crippen molar-refractivity contribution in [3.8, 4) is 0 Å². The molecule has 0 saturated carbocycles. The van der Waals surface area contributed by atoms with Gasteiger partial charge in [-0.3, -0.25) is 18.7 Å². The van der Waals surface area contributed by atoms with E-state index in [1.54, 1.807) is 11.9 Å². The number of rotatable bonds is 3. The molecule has 1 aromatic heterocycles. The lowest BCUT2D eigenvalue weighted by Gasteiger charge is -2.33. The SMILES string of the molecule is CN(C(=O)Cn1ccc(=O)n(C)c1=O)[C@@H]1CCCc2ccccc21. The van der Waals surface area contributed by atoms with Crippen LogP contribution in [-0.2, 0) is 24.8 Å². The molecule has 24 heavy (non-hydrogen) atoms. The van der Waals surface area contributed by atoms with Gasteiger partial charge in [0, 0.05) is 26.4 Å². The van der Waals surface area contributed by atoms with Crippen molar-refractivity contribution in [2.24, 2.45) is 7.05 Å². The van der Waals surface area contributed by atoms with Crippen LogP contribution in [0.2, 0.25) is 0 Å². The minimum atomic E-state index is -0.478. The van der Waals surface area contributed by atoms with Gasteiger partial charge in [-0.2, -0.15) is 0 Å². The van der Waals surface area contributed by atoms with Crippen LogP contribution in [-0.4, -0.2) is 27.0 Å². The first kappa shape index (κ1) is 16.2. The molecule has 1 atom stereocenters. The summed E-state index contributed by atoms with van der Waals surface area (Å²) in [5, 5.41) is 0. The Morgan fingerprint density at radius 3 is 2.79 bits per heavy atom. The highest BCUT2D eigenvalue weighted by Crippen LogP contribution is 2.33. The summed E-state index contributed by atoms with van der Waals surface area (Å²) in [5.41, 5.74) is 1.62. The molecule has 0 N–H and O–H groups in total. The Labute approximate surface area is 140 Å². The molecular formula is C18H21N3O3. The molecule has 3 rings (SSSR count). The minimum absolute atomic E-state index is 0.0330. The molecule has 1 aromatic carbocycles. The lowest BCUT2D eigenvalue weighted by Crippen LogP contribution is -2.41. The van der Waals surface area contributed by atoms with Crippen molar-refractivity contribution in [2.45, 2.75) is 31.8 Å². The molecule has 0 fully saturated rings. The maximum absolute atomic E-state index is 12.6. The molecule has 0 radical (unpaired) electrons. The Hall–Kier alpha value is -2.63. The first-order chi connectivity index (χ1) is 11.5. The zero-order valence-corrected chi connectivity index (χ0v) is 13.9. The molecule has 1 aliphatic rings. The van der Waals surface area contributed by atoms with Crippen molar-refractivity contribution < 1.29 is 4.79 Å². The molecule has 2 aromatic rings. The zero-order chi connectivity index (χ0) is 17.3. The highest BCUT2D eigenvalue weighted by atomic mass is 16.2. The predicted octanol–water partition coefficient (Wildman–Crippen LogP) is 1.08. The number of carbonyl (C=O) groups excluding carboxylic acids is 1. The summed E-state index contributed by atoms with van der Waals surface area (Å²) in [6.07, 6.45) is 4.38. The molecule has 1 amide bonds. The number of hydrogen-bond acceptors (Lipinski definition) is 3. The van der Waals surface area contributed by atoms with Gasteiger partial charge in [-0.25, -0.2) is 4.79 Å². The second-order valence-electron chi connectivity index (χ2n) is 6.23. The number of hydrogen-bond donors (Lipinski definition) is 0. The third kappa shape index (κ3) is 2.91. The fourth-order valence-corrected chi connectivity index (χ4v) is 3.30. The van der Waals surface area contributed by atoms with Crippen LogP contribution in [0.3, 0.4) is 0 Å². The van der Waals surface area contributed by atoms with Crippen molar-refractivity contribution in [3.63, 3.8) is 0 Å². The number of likely N-dealkylation sites (N-methyl/N-ethyl adjacent to an activating group) is 1. The van der Waals surface area contributed by atoms with Gasteiger partial charge in [0.1, 0.15) is 6.54 Å². The fraction of sp³-hybridized carbons (Fsp3) is 0.389. The molecule has 0 saturated heterocycles. The van der Waals surface area contributed by atoms with Crippen LogP contribution in [0.25, 0.3) is 0 Å². The van der Waals surface area contributed by atoms with Gasteiger partial charge in [0.15, 0.2) is 0 Å². The van der Waals surface area contributed by atoms with E-state index in [4.69, 9.17) is 0 Å². The van der Waals surface area contributed by atoms with Crippen molar-refractivity contribution in [3.05, 3.63) is 68.5 Å². The standard InChI is InChI=1S/C18H21N3O3/c1-19(15-9-5-7-13-6-3-4-8-14(13)15)17(23)12-21-11-10-16(22)20(2)18(21)24/h3-4,6,8,10-11,15H,5,7,9,12H2,1-2H3/t15-/m1/s1. The molecule has 0 spiro atoms. The molecule has 6 heteroatoms. The summed E-state index contributed by atoms with van der Waals surface area (Å²) in [4.78, 5) is 37.9. The third-order valence-electron chi connectivity index (χ3n) is 4.76. The van der Waals surface area contributed by atoms with E-state index < -0.39 is 5.69 Å². The molecule has 1 aliphatic carbocycles. The number of amides is 1. The zero-order valence-electron chi connectivity index (χ0n) is 13.9. The van der Waals surface area contributed by atoms with Gasteiger partial charge in [0.25, 0.3) is 5.56 Å². The number of aromatic nitrogens is 2. The number of aryl methyl sites for hydroxylation is 1. The molecule has 0 aliphatic heterocycles. The minimum Gasteiger partial charge on any atom is -0.337 e. The van der Waals surface area contributed by atoms with E-state index in [2.05, 4.69) is 12.1 Å². The lowest BCUT2D eigenvalue weighted by atomic mass is 9.87. The summed E-state index contributed by atoms with van der Waals surface area (Å²) in [7, 11) is 3.19. The largest absolute Gasteiger partial charge is 0.337 e.